The minimum Gasteiger partial charge on any atom is -0.367 e. The lowest BCUT2D eigenvalue weighted by Crippen LogP contribution is -2.60. The molecule has 2 nitrogen and oxygen atoms in total. The van der Waals surface area contributed by atoms with E-state index in [1.54, 1.807) is 0 Å². The number of piperazine rings is 1. The summed E-state index contributed by atoms with van der Waals surface area (Å²) in [5.41, 5.74) is -0.242. The minimum absolute atomic E-state index is 0.0597. The summed E-state index contributed by atoms with van der Waals surface area (Å²) < 4.78 is 38.6. The van der Waals surface area contributed by atoms with Crippen molar-refractivity contribution >= 4 is 17.3 Å². The molecule has 1 aliphatic rings. The molecular weight excluding hydrogens is 301 g/mol. The molecule has 1 heterocycles. The Kier molecular flexibility index (Phi) is 4.73. The predicted octanol–water partition coefficient (Wildman–Crippen LogP) is 4.33. The van der Waals surface area contributed by atoms with Gasteiger partial charge in [-0.15, -0.1) is 0 Å². The van der Waals surface area contributed by atoms with E-state index in [-0.39, 0.29) is 5.54 Å². The smallest absolute Gasteiger partial charge is 0.367 e. The van der Waals surface area contributed by atoms with E-state index >= 15 is 0 Å². The topological polar surface area (TPSA) is 15.3 Å². The lowest BCUT2D eigenvalue weighted by Gasteiger charge is -2.44. The number of rotatable bonds is 3. The van der Waals surface area contributed by atoms with E-state index in [9.17, 15) is 13.2 Å². The molecule has 1 aromatic carbocycles. The molecule has 1 N–H and O–H groups in total. The Balaban J connectivity index is 2.33. The van der Waals surface area contributed by atoms with Crippen LogP contribution >= 0.6 is 11.6 Å². The van der Waals surface area contributed by atoms with E-state index in [2.05, 4.69) is 19.2 Å². The van der Waals surface area contributed by atoms with Crippen LogP contribution in [0.1, 0.15) is 32.3 Å². The van der Waals surface area contributed by atoms with Crippen molar-refractivity contribution in [3.63, 3.8) is 0 Å². The Morgan fingerprint density at radius 1 is 1.29 bits per heavy atom. The average Bonchev–Trinajstić information content (AvgIpc) is 2.46. The Hall–Kier alpha value is -0.940. The highest BCUT2D eigenvalue weighted by Crippen LogP contribution is 2.36. The summed E-state index contributed by atoms with van der Waals surface area (Å²) in [6.45, 7) is 6.25. The van der Waals surface area contributed by atoms with Crippen molar-refractivity contribution in [3.8, 4) is 0 Å². The zero-order chi connectivity index (χ0) is 15.7. The first kappa shape index (κ1) is 16.4. The Bertz CT molecular complexity index is 498. The highest BCUT2D eigenvalue weighted by Gasteiger charge is 2.35. The van der Waals surface area contributed by atoms with Gasteiger partial charge in [0, 0.05) is 25.2 Å². The molecule has 0 saturated carbocycles. The summed E-state index contributed by atoms with van der Waals surface area (Å²) in [5, 5.41) is 3.86. The third kappa shape index (κ3) is 3.46. The molecule has 0 atom stereocenters. The Morgan fingerprint density at radius 3 is 2.52 bits per heavy atom. The van der Waals surface area contributed by atoms with Gasteiger partial charge in [-0.25, -0.2) is 0 Å². The summed E-state index contributed by atoms with van der Waals surface area (Å²) in [6.07, 6.45) is -2.49. The molecule has 1 saturated heterocycles. The van der Waals surface area contributed by atoms with Gasteiger partial charge in [-0.2, -0.15) is 13.2 Å². The van der Waals surface area contributed by atoms with Crippen molar-refractivity contribution in [3.05, 3.63) is 28.8 Å². The van der Waals surface area contributed by atoms with Crippen molar-refractivity contribution < 1.29 is 13.2 Å². The first-order valence-corrected chi connectivity index (χ1v) is 7.56. The van der Waals surface area contributed by atoms with Crippen LogP contribution < -0.4 is 10.2 Å². The van der Waals surface area contributed by atoms with Crippen LogP contribution in [0.3, 0.4) is 0 Å². The van der Waals surface area contributed by atoms with Crippen LogP contribution in [0.4, 0.5) is 18.9 Å². The number of halogens is 4. The van der Waals surface area contributed by atoms with Gasteiger partial charge in [0.1, 0.15) is 0 Å². The van der Waals surface area contributed by atoms with Crippen LogP contribution in [0.25, 0.3) is 0 Å². The fourth-order valence-corrected chi connectivity index (χ4v) is 3.05. The van der Waals surface area contributed by atoms with Gasteiger partial charge < -0.3 is 10.2 Å². The van der Waals surface area contributed by atoms with Crippen LogP contribution in [0.2, 0.25) is 5.02 Å². The normalized spacial score (nSPS) is 18.9. The van der Waals surface area contributed by atoms with Gasteiger partial charge in [0.15, 0.2) is 0 Å². The van der Waals surface area contributed by atoms with Crippen LogP contribution in [0.15, 0.2) is 18.2 Å². The average molecular weight is 321 g/mol. The maximum absolute atomic E-state index is 12.9. The van der Waals surface area contributed by atoms with Crippen LogP contribution in [-0.4, -0.2) is 25.2 Å². The molecule has 21 heavy (non-hydrogen) atoms. The molecule has 0 radical (unpaired) electrons. The van der Waals surface area contributed by atoms with Gasteiger partial charge in [0.25, 0.3) is 0 Å². The van der Waals surface area contributed by atoms with Crippen molar-refractivity contribution in [2.75, 3.05) is 24.5 Å². The number of benzene rings is 1. The number of alkyl halides is 3. The maximum Gasteiger partial charge on any atom is 0.416 e. The quantitative estimate of drug-likeness (QED) is 0.892. The molecule has 1 fully saturated rings. The number of nitrogens with one attached hydrogen (secondary N) is 1. The highest BCUT2D eigenvalue weighted by atomic mass is 35.5. The number of hydrogen-bond acceptors (Lipinski definition) is 2. The zero-order valence-corrected chi connectivity index (χ0v) is 13.0. The number of anilines is 1. The highest BCUT2D eigenvalue weighted by molar-refractivity contribution is 6.33. The first-order chi connectivity index (χ1) is 9.81. The van der Waals surface area contributed by atoms with E-state index in [0.717, 1.165) is 31.5 Å². The minimum atomic E-state index is -4.35. The van der Waals surface area contributed by atoms with E-state index in [4.69, 9.17) is 11.6 Å². The van der Waals surface area contributed by atoms with E-state index in [1.165, 1.54) is 6.07 Å². The van der Waals surface area contributed by atoms with Gasteiger partial charge in [-0.1, -0.05) is 25.4 Å². The van der Waals surface area contributed by atoms with Gasteiger partial charge in [-0.3, -0.25) is 0 Å². The summed E-state index contributed by atoms with van der Waals surface area (Å²) in [7, 11) is 0. The third-order valence-electron chi connectivity index (χ3n) is 4.34. The molecule has 0 unspecified atom stereocenters. The van der Waals surface area contributed by atoms with E-state index < -0.39 is 11.7 Å². The van der Waals surface area contributed by atoms with Crippen molar-refractivity contribution in [2.24, 2.45) is 0 Å². The van der Waals surface area contributed by atoms with Gasteiger partial charge >= 0.3 is 6.18 Å². The fraction of sp³-hybridized carbons (Fsp3) is 0.600. The third-order valence-corrected chi connectivity index (χ3v) is 4.66. The standard InChI is InChI=1S/C15H20ClF3N2/c1-3-14(4-2)10-21(8-7-20-14)13-9-11(15(17,18)19)5-6-12(13)16/h5-6,9,20H,3-4,7-8,10H2,1-2H3. The van der Waals surface area contributed by atoms with Gasteiger partial charge in [-0.05, 0) is 31.0 Å². The molecule has 0 aliphatic carbocycles. The van der Waals surface area contributed by atoms with Crippen molar-refractivity contribution in [1.29, 1.82) is 0 Å². The molecule has 0 aromatic heterocycles. The van der Waals surface area contributed by atoms with Crippen LogP contribution in [0.5, 0.6) is 0 Å². The zero-order valence-electron chi connectivity index (χ0n) is 12.2. The van der Waals surface area contributed by atoms with Crippen LogP contribution in [-0.2, 0) is 6.18 Å². The SMILES string of the molecule is CCC1(CC)CN(c2cc(C(F)(F)F)ccc2Cl)CCN1. The van der Waals surface area contributed by atoms with E-state index in [1.807, 2.05) is 4.90 Å². The second kappa shape index (κ2) is 6.05. The Labute approximate surface area is 128 Å². The van der Waals surface area contributed by atoms with Crippen molar-refractivity contribution in [1.82, 2.24) is 5.32 Å². The molecule has 1 aliphatic heterocycles. The van der Waals surface area contributed by atoms with Crippen molar-refractivity contribution in [2.45, 2.75) is 38.4 Å². The lowest BCUT2D eigenvalue weighted by atomic mass is 9.90. The Morgan fingerprint density at radius 2 is 1.95 bits per heavy atom. The van der Waals surface area contributed by atoms with Gasteiger partial charge in [0.05, 0.1) is 16.3 Å². The van der Waals surface area contributed by atoms with Gasteiger partial charge in [0.2, 0.25) is 0 Å². The lowest BCUT2D eigenvalue weighted by molar-refractivity contribution is -0.137. The maximum atomic E-state index is 12.9. The molecule has 0 amide bonds. The molecule has 6 heteroatoms. The molecule has 2 rings (SSSR count). The number of nitrogens with zero attached hydrogens (tertiary/aromatic N) is 1. The summed E-state index contributed by atoms with van der Waals surface area (Å²) in [6, 6.07) is 3.52. The molecule has 1 aromatic rings. The monoisotopic (exact) mass is 320 g/mol. The molecule has 0 bridgehead atoms. The van der Waals surface area contributed by atoms with Crippen LogP contribution in [0, 0.1) is 0 Å². The largest absolute Gasteiger partial charge is 0.416 e. The second-order valence-electron chi connectivity index (χ2n) is 5.50. The molecule has 0 spiro atoms. The molecular formula is C15H20ClF3N2. The molecule has 118 valence electrons. The summed E-state index contributed by atoms with van der Waals surface area (Å²) >= 11 is 6.13. The first-order valence-electron chi connectivity index (χ1n) is 7.18. The van der Waals surface area contributed by atoms with E-state index in [0.29, 0.717) is 23.8 Å². The summed E-state index contributed by atoms with van der Waals surface area (Å²) in [5.74, 6) is 0. The summed E-state index contributed by atoms with van der Waals surface area (Å²) in [4.78, 5) is 1.96. The second-order valence-corrected chi connectivity index (χ2v) is 5.91. The predicted molar refractivity (Wildman–Crippen MR) is 80.0 cm³/mol. The fourth-order valence-electron chi connectivity index (χ4n) is 2.82. The number of hydrogen-bond donors (Lipinski definition) is 1.